The number of amides is 1. The number of hydrogen-bond acceptors (Lipinski definition) is 4. The van der Waals surface area contributed by atoms with Crippen LogP contribution < -0.4 is 14.5 Å². The number of carbonyl (C=O) groups excluding carboxylic acids is 1. The van der Waals surface area contributed by atoms with Crippen molar-refractivity contribution in [2.24, 2.45) is 0 Å². The van der Waals surface area contributed by atoms with Crippen molar-refractivity contribution in [3.05, 3.63) is 58.1 Å². The molecule has 0 heterocycles. The van der Waals surface area contributed by atoms with Gasteiger partial charge in [0, 0.05) is 25.3 Å². The Labute approximate surface area is 188 Å². The Morgan fingerprint density at radius 1 is 1.00 bits per heavy atom. The van der Waals surface area contributed by atoms with Crippen LogP contribution in [0, 0.1) is 0 Å². The minimum absolute atomic E-state index is 0.212. The topological polar surface area (TPSA) is 69.7 Å². The summed E-state index contributed by atoms with van der Waals surface area (Å²) in [5.41, 5.74) is 2.32. The van der Waals surface area contributed by atoms with E-state index in [-0.39, 0.29) is 10.7 Å². The van der Waals surface area contributed by atoms with Gasteiger partial charge in [-0.2, -0.15) is 0 Å². The second kappa shape index (κ2) is 10.4. The van der Waals surface area contributed by atoms with Crippen molar-refractivity contribution in [3.8, 4) is 0 Å². The van der Waals surface area contributed by atoms with Gasteiger partial charge in [-0.05, 0) is 56.7 Å². The summed E-state index contributed by atoms with van der Waals surface area (Å²) < 4.78 is 25.8. The zero-order valence-corrected chi connectivity index (χ0v) is 19.9. The summed E-state index contributed by atoms with van der Waals surface area (Å²) in [5, 5.41) is 3.32. The van der Waals surface area contributed by atoms with E-state index < -0.39 is 22.0 Å². The lowest BCUT2D eigenvalue weighted by atomic mass is 10.2. The first-order valence-electron chi connectivity index (χ1n) is 9.64. The van der Waals surface area contributed by atoms with Gasteiger partial charge in [0.1, 0.15) is 6.04 Å². The number of anilines is 2. The average Bonchev–Trinajstić information content (AvgIpc) is 2.69. The first kappa shape index (κ1) is 24.3. The number of rotatable bonds is 9. The summed E-state index contributed by atoms with van der Waals surface area (Å²) in [6, 6.07) is 11.4. The van der Waals surface area contributed by atoms with E-state index in [4.69, 9.17) is 23.2 Å². The van der Waals surface area contributed by atoms with Crippen LogP contribution in [-0.2, 0) is 21.4 Å². The molecule has 0 unspecified atom stereocenters. The first-order chi connectivity index (χ1) is 14.1. The fraction of sp³-hybridized carbons (Fsp3) is 0.381. The van der Waals surface area contributed by atoms with Gasteiger partial charge in [-0.25, -0.2) is 8.42 Å². The molecule has 0 aromatic heterocycles. The Morgan fingerprint density at radius 3 is 2.07 bits per heavy atom. The summed E-state index contributed by atoms with van der Waals surface area (Å²) >= 11 is 12.0. The molecule has 0 aliphatic carbocycles. The van der Waals surface area contributed by atoms with Gasteiger partial charge in [-0.1, -0.05) is 35.3 Å². The lowest BCUT2D eigenvalue weighted by molar-refractivity contribution is -0.122. The lowest BCUT2D eigenvalue weighted by Gasteiger charge is -2.28. The molecule has 0 saturated carbocycles. The van der Waals surface area contributed by atoms with E-state index in [1.54, 1.807) is 0 Å². The van der Waals surface area contributed by atoms with Gasteiger partial charge < -0.3 is 10.2 Å². The molecule has 2 aromatic carbocycles. The average molecular weight is 472 g/mol. The van der Waals surface area contributed by atoms with Crippen LogP contribution in [0.2, 0.25) is 10.0 Å². The van der Waals surface area contributed by atoms with Gasteiger partial charge in [-0.15, -0.1) is 0 Å². The molecule has 0 aliphatic rings. The van der Waals surface area contributed by atoms with E-state index in [0.29, 0.717) is 11.6 Å². The largest absolute Gasteiger partial charge is 0.372 e. The normalized spacial score (nSPS) is 12.3. The maximum Gasteiger partial charge on any atom is 0.243 e. The molecular weight excluding hydrogens is 445 g/mol. The van der Waals surface area contributed by atoms with Crippen LogP contribution in [0.3, 0.4) is 0 Å². The molecule has 2 rings (SSSR count). The van der Waals surface area contributed by atoms with Crippen LogP contribution in [-0.4, -0.2) is 39.7 Å². The summed E-state index contributed by atoms with van der Waals surface area (Å²) in [7, 11) is -3.73. The monoisotopic (exact) mass is 471 g/mol. The smallest absolute Gasteiger partial charge is 0.243 e. The minimum Gasteiger partial charge on any atom is -0.372 e. The van der Waals surface area contributed by atoms with Crippen molar-refractivity contribution in [2.75, 3.05) is 28.6 Å². The molecule has 0 radical (unpaired) electrons. The van der Waals surface area contributed by atoms with E-state index in [1.165, 1.54) is 25.1 Å². The molecule has 1 amide bonds. The summed E-state index contributed by atoms with van der Waals surface area (Å²) in [6.07, 6.45) is 1.05. The highest BCUT2D eigenvalue weighted by Gasteiger charge is 2.29. The SMILES string of the molecule is CCN(CC)c1ccc(CNC(=O)[C@@H](C)N(c2ccc(Cl)c(Cl)c2)S(C)(=O)=O)cc1. The molecule has 0 bridgehead atoms. The van der Waals surface area contributed by atoms with Gasteiger partial charge >= 0.3 is 0 Å². The van der Waals surface area contributed by atoms with Gasteiger partial charge in [0.25, 0.3) is 0 Å². The van der Waals surface area contributed by atoms with E-state index in [2.05, 4.69) is 24.1 Å². The number of carbonyl (C=O) groups is 1. The Balaban J connectivity index is 2.13. The van der Waals surface area contributed by atoms with Gasteiger partial charge in [0.05, 0.1) is 22.0 Å². The van der Waals surface area contributed by atoms with Crippen LogP contribution in [0.25, 0.3) is 0 Å². The fourth-order valence-electron chi connectivity index (χ4n) is 3.18. The number of nitrogens with zero attached hydrogens (tertiary/aromatic N) is 2. The Morgan fingerprint density at radius 2 is 1.57 bits per heavy atom. The molecule has 9 heteroatoms. The zero-order valence-electron chi connectivity index (χ0n) is 17.5. The fourth-order valence-corrected chi connectivity index (χ4v) is 4.64. The molecule has 0 fully saturated rings. The van der Waals surface area contributed by atoms with Crippen LogP contribution in [0.1, 0.15) is 26.3 Å². The minimum atomic E-state index is -3.73. The maximum absolute atomic E-state index is 12.7. The van der Waals surface area contributed by atoms with Crippen LogP contribution in [0.5, 0.6) is 0 Å². The molecule has 1 atom stereocenters. The highest BCUT2D eigenvalue weighted by Crippen LogP contribution is 2.29. The molecule has 0 aliphatic heterocycles. The predicted molar refractivity (Wildman–Crippen MR) is 125 cm³/mol. The first-order valence-corrected chi connectivity index (χ1v) is 12.2. The van der Waals surface area contributed by atoms with Gasteiger partial charge in [-0.3, -0.25) is 9.10 Å². The molecule has 1 N–H and O–H groups in total. The lowest BCUT2D eigenvalue weighted by Crippen LogP contribution is -2.47. The van der Waals surface area contributed by atoms with Gasteiger partial charge in [0.2, 0.25) is 15.9 Å². The molecule has 30 heavy (non-hydrogen) atoms. The molecular formula is C21H27Cl2N3O3S. The second-order valence-corrected chi connectivity index (χ2v) is 9.56. The van der Waals surface area contributed by atoms with Crippen molar-refractivity contribution >= 4 is 50.5 Å². The third-order valence-corrected chi connectivity index (χ3v) is 6.76. The third-order valence-electron chi connectivity index (χ3n) is 4.78. The van der Waals surface area contributed by atoms with E-state index in [9.17, 15) is 13.2 Å². The zero-order chi connectivity index (χ0) is 22.5. The molecule has 0 saturated heterocycles. The quantitative estimate of drug-likeness (QED) is 0.591. The van der Waals surface area contributed by atoms with Crippen molar-refractivity contribution in [1.29, 1.82) is 0 Å². The Bertz CT molecular complexity index is 977. The Hall–Kier alpha value is -1.96. The molecule has 164 valence electrons. The third kappa shape index (κ3) is 6.03. The van der Waals surface area contributed by atoms with E-state index in [0.717, 1.165) is 34.9 Å². The maximum atomic E-state index is 12.7. The number of halogens is 2. The molecule has 0 spiro atoms. The summed E-state index contributed by atoms with van der Waals surface area (Å²) in [4.78, 5) is 14.9. The molecule has 6 nitrogen and oxygen atoms in total. The van der Waals surface area contributed by atoms with Crippen molar-refractivity contribution in [3.63, 3.8) is 0 Å². The van der Waals surface area contributed by atoms with E-state index >= 15 is 0 Å². The van der Waals surface area contributed by atoms with E-state index in [1.807, 2.05) is 24.3 Å². The molecule has 2 aromatic rings. The number of nitrogens with one attached hydrogen (secondary N) is 1. The predicted octanol–water partition coefficient (Wildman–Crippen LogP) is 4.31. The standard InChI is InChI=1S/C21H27Cl2N3O3S/c1-5-25(6-2)17-9-7-16(8-10-17)14-24-21(27)15(3)26(30(4,28)29)18-11-12-19(22)20(23)13-18/h7-13,15H,5-6,14H2,1-4H3,(H,24,27)/t15-/m1/s1. The summed E-state index contributed by atoms with van der Waals surface area (Å²) in [6.45, 7) is 7.85. The van der Waals surface area contributed by atoms with Gasteiger partial charge in [0.15, 0.2) is 0 Å². The Kier molecular flexibility index (Phi) is 8.41. The van der Waals surface area contributed by atoms with Crippen LogP contribution in [0.15, 0.2) is 42.5 Å². The number of hydrogen-bond donors (Lipinski definition) is 1. The second-order valence-electron chi connectivity index (χ2n) is 6.89. The van der Waals surface area contributed by atoms with Crippen molar-refractivity contribution in [2.45, 2.75) is 33.4 Å². The number of sulfonamides is 1. The number of benzene rings is 2. The van der Waals surface area contributed by atoms with Crippen molar-refractivity contribution in [1.82, 2.24) is 5.32 Å². The summed E-state index contributed by atoms with van der Waals surface area (Å²) in [5.74, 6) is -0.417. The van der Waals surface area contributed by atoms with Crippen molar-refractivity contribution < 1.29 is 13.2 Å². The highest BCUT2D eigenvalue weighted by atomic mass is 35.5. The van der Waals surface area contributed by atoms with Crippen LogP contribution >= 0.6 is 23.2 Å². The highest BCUT2D eigenvalue weighted by molar-refractivity contribution is 7.92. The van der Waals surface area contributed by atoms with Crippen LogP contribution in [0.4, 0.5) is 11.4 Å².